The maximum Gasteiger partial charge on any atom is 0.378 e. The van der Waals surface area contributed by atoms with Gasteiger partial charge in [-0.05, 0) is 0 Å². The summed E-state index contributed by atoms with van der Waals surface area (Å²) in [4.78, 5) is 11.0. The molecule has 5 N–H and O–H groups in total. The third kappa shape index (κ3) is 2.86. The van der Waals surface area contributed by atoms with Gasteiger partial charge in [0.25, 0.3) is 0 Å². The summed E-state index contributed by atoms with van der Waals surface area (Å²) in [7, 11) is 0. The number of aliphatic hydroxyl groups is 5. The van der Waals surface area contributed by atoms with Crippen molar-refractivity contribution in [3.05, 3.63) is 11.5 Å². The first-order valence-corrected chi connectivity index (χ1v) is 4.86. The van der Waals surface area contributed by atoms with Crippen LogP contribution in [0.5, 0.6) is 0 Å². The molecule has 1 heterocycles. The van der Waals surface area contributed by atoms with E-state index in [1.807, 2.05) is 0 Å². The van der Waals surface area contributed by atoms with E-state index in [1.165, 1.54) is 0 Å². The molecule has 1 aliphatic heterocycles. The fraction of sp³-hybridized carbons (Fsp3) is 0.667. The van der Waals surface area contributed by atoms with Gasteiger partial charge in [0.1, 0.15) is 12.2 Å². The van der Waals surface area contributed by atoms with Crippen molar-refractivity contribution in [3.8, 4) is 0 Å². The van der Waals surface area contributed by atoms with Gasteiger partial charge in [-0.1, -0.05) is 0 Å². The van der Waals surface area contributed by atoms with E-state index in [9.17, 15) is 15.0 Å². The van der Waals surface area contributed by atoms with Crippen molar-refractivity contribution in [1.82, 2.24) is 0 Å². The fourth-order valence-electron chi connectivity index (χ4n) is 1.24. The lowest BCUT2D eigenvalue weighted by atomic mass is 10.2. The summed E-state index contributed by atoms with van der Waals surface area (Å²) in [5, 5.41) is 45.0. The Morgan fingerprint density at radius 2 is 1.82 bits per heavy atom. The van der Waals surface area contributed by atoms with E-state index in [-0.39, 0.29) is 0 Å². The number of carbonyl (C=O) groups excluding carboxylic acids is 1. The Hall–Kier alpha value is -1.35. The third-order valence-electron chi connectivity index (χ3n) is 2.16. The third-order valence-corrected chi connectivity index (χ3v) is 2.16. The molecule has 1 aliphatic rings. The summed E-state index contributed by atoms with van der Waals surface area (Å²) in [6.45, 7) is -1.81. The van der Waals surface area contributed by atoms with Gasteiger partial charge < -0.3 is 35.0 Å². The lowest BCUT2D eigenvalue weighted by molar-refractivity contribution is -0.148. The van der Waals surface area contributed by atoms with Crippen LogP contribution in [0.2, 0.25) is 0 Å². The summed E-state index contributed by atoms with van der Waals surface area (Å²) in [5.74, 6) is -2.37. The molecule has 8 nitrogen and oxygen atoms in total. The van der Waals surface area contributed by atoms with Crippen molar-refractivity contribution in [2.45, 2.75) is 18.3 Å². The molecule has 0 aliphatic carbocycles. The molecule has 98 valence electrons. The van der Waals surface area contributed by atoms with Gasteiger partial charge in [0.05, 0.1) is 19.8 Å². The number of hydrogen-bond donors (Lipinski definition) is 5. The topological polar surface area (TPSA) is 137 Å². The predicted octanol–water partition coefficient (Wildman–Crippen LogP) is -2.60. The van der Waals surface area contributed by atoms with Gasteiger partial charge in [0.2, 0.25) is 5.76 Å². The fourth-order valence-corrected chi connectivity index (χ4v) is 1.24. The zero-order valence-electron chi connectivity index (χ0n) is 8.81. The Labute approximate surface area is 96.3 Å². The van der Waals surface area contributed by atoms with Crippen LogP contribution in [0.25, 0.3) is 0 Å². The zero-order valence-corrected chi connectivity index (χ0v) is 8.81. The average molecular weight is 250 g/mol. The average Bonchev–Trinajstić information content (AvgIpc) is 2.62. The van der Waals surface area contributed by atoms with Crippen molar-refractivity contribution in [2.75, 3.05) is 19.8 Å². The lowest BCUT2D eigenvalue weighted by Gasteiger charge is -2.21. The van der Waals surface area contributed by atoms with Crippen LogP contribution in [0.3, 0.4) is 0 Å². The second kappa shape index (κ2) is 5.82. The van der Waals surface area contributed by atoms with Crippen molar-refractivity contribution < 1.29 is 39.8 Å². The first kappa shape index (κ1) is 13.7. The smallest absolute Gasteiger partial charge is 0.378 e. The van der Waals surface area contributed by atoms with E-state index in [2.05, 4.69) is 4.74 Å². The highest BCUT2D eigenvalue weighted by atomic mass is 16.6. The van der Waals surface area contributed by atoms with Gasteiger partial charge in [-0.3, -0.25) is 0 Å². The van der Waals surface area contributed by atoms with Crippen LogP contribution in [0.1, 0.15) is 0 Å². The van der Waals surface area contributed by atoms with Gasteiger partial charge in [0, 0.05) is 0 Å². The van der Waals surface area contributed by atoms with Gasteiger partial charge in [-0.25, -0.2) is 4.79 Å². The Kier molecular flexibility index (Phi) is 4.70. The zero-order chi connectivity index (χ0) is 13.0. The number of cyclic esters (lactones) is 1. The normalized spacial score (nSPS) is 21.9. The predicted molar refractivity (Wildman–Crippen MR) is 51.7 cm³/mol. The van der Waals surface area contributed by atoms with Gasteiger partial charge in [-0.15, -0.1) is 0 Å². The highest BCUT2D eigenvalue weighted by Gasteiger charge is 2.41. The summed E-state index contributed by atoms with van der Waals surface area (Å²) < 4.78 is 9.51. The van der Waals surface area contributed by atoms with Gasteiger partial charge >= 0.3 is 5.97 Å². The number of carbonyl (C=O) groups is 1. The Morgan fingerprint density at radius 3 is 2.29 bits per heavy atom. The minimum Gasteiger partial charge on any atom is -0.499 e. The van der Waals surface area contributed by atoms with Crippen LogP contribution in [-0.2, 0) is 14.3 Å². The molecule has 0 fully saturated rings. The van der Waals surface area contributed by atoms with E-state index in [0.717, 1.165) is 0 Å². The second-order valence-corrected chi connectivity index (χ2v) is 3.39. The van der Waals surface area contributed by atoms with E-state index in [0.29, 0.717) is 0 Å². The molecule has 0 aromatic rings. The first-order chi connectivity index (χ1) is 8.04. The van der Waals surface area contributed by atoms with Crippen LogP contribution < -0.4 is 0 Å². The van der Waals surface area contributed by atoms with Gasteiger partial charge in [0.15, 0.2) is 11.9 Å². The van der Waals surface area contributed by atoms with Crippen molar-refractivity contribution >= 4 is 5.97 Å². The second-order valence-electron chi connectivity index (χ2n) is 3.39. The Bertz CT molecular complexity index is 308. The number of aliphatic hydroxyl groups excluding tert-OH is 5. The van der Waals surface area contributed by atoms with Crippen molar-refractivity contribution in [2.24, 2.45) is 0 Å². The largest absolute Gasteiger partial charge is 0.499 e. The first-order valence-electron chi connectivity index (χ1n) is 4.86. The number of esters is 1. The van der Waals surface area contributed by atoms with Crippen LogP contribution >= 0.6 is 0 Å². The van der Waals surface area contributed by atoms with Crippen molar-refractivity contribution in [1.29, 1.82) is 0 Å². The van der Waals surface area contributed by atoms with E-state index in [1.54, 1.807) is 0 Å². The lowest BCUT2D eigenvalue weighted by Crippen LogP contribution is -2.34. The van der Waals surface area contributed by atoms with Crippen molar-refractivity contribution in [3.63, 3.8) is 0 Å². The maximum absolute atomic E-state index is 11.0. The molecule has 0 amide bonds. The summed E-state index contributed by atoms with van der Waals surface area (Å²) in [6, 6.07) is 0. The molecule has 8 heteroatoms. The summed E-state index contributed by atoms with van der Waals surface area (Å²) in [5.41, 5.74) is 0. The minimum absolute atomic E-state index is 0.412. The van der Waals surface area contributed by atoms with E-state index in [4.69, 9.17) is 20.1 Å². The van der Waals surface area contributed by atoms with Crippen LogP contribution in [-0.4, -0.2) is 69.6 Å². The van der Waals surface area contributed by atoms with Crippen LogP contribution in [0, 0.1) is 0 Å². The number of rotatable bonds is 6. The van der Waals surface area contributed by atoms with E-state index >= 15 is 0 Å². The minimum atomic E-state index is -1.46. The highest BCUT2D eigenvalue weighted by Crippen LogP contribution is 2.25. The Morgan fingerprint density at radius 1 is 1.24 bits per heavy atom. The molecule has 0 aromatic carbocycles. The molecule has 2 atom stereocenters. The summed E-state index contributed by atoms with van der Waals surface area (Å²) in [6.07, 6.45) is -3.88. The quantitative estimate of drug-likeness (QED) is 0.324. The SMILES string of the molecule is O=C1O[C@H]([C@@H](O)CO)C(OC(CO)CO)=C1O. The number of hydrogen-bond acceptors (Lipinski definition) is 8. The van der Waals surface area contributed by atoms with Crippen LogP contribution in [0.4, 0.5) is 0 Å². The standard InChI is InChI=1S/C9H14O8/c10-1-4(2-11)16-8-6(14)9(15)17-7(8)5(13)3-12/h4-5,7,10-14H,1-3H2/t5-,7+/m0/s1. The molecule has 0 bridgehead atoms. The summed E-state index contributed by atoms with van der Waals surface area (Å²) >= 11 is 0. The molecule has 0 saturated carbocycles. The van der Waals surface area contributed by atoms with Gasteiger partial charge in [-0.2, -0.15) is 0 Å². The molecule has 0 saturated heterocycles. The van der Waals surface area contributed by atoms with Crippen LogP contribution in [0.15, 0.2) is 11.5 Å². The molecule has 0 unspecified atom stereocenters. The molecule has 0 spiro atoms. The molecule has 0 aromatic heterocycles. The van der Waals surface area contributed by atoms with E-state index < -0.39 is 55.6 Å². The monoisotopic (exact) mass is 250 g/mol. The molecular weight excluding hydrogens is 236 g/mol. The molecule has 1 rings (SSSR count). The Balaban J connectivity index is 2.86. The number of ether oxygens (including phenoxy) is 2. The molecule has 0 radical (unpaired) electrons. The highest BCUT2D eigenvalue weighted by molar-refractivity contribution is 5.89. The molecular formula is C9H14O8. The maximum atomic E-state index is 11.0. The molecule has 17 heavy (non-hydrogen) atoms.